The smallest absolute Gasteiger partial charge is 0.333 e. The van der Waals surface area contributed by atoms with Crippen LogP contribution >= 0.6 is 11.8 Å². The second-order valence-corrected chi connectivity index (χ2v) is 4.58. The number of esters is 1. The van der Waals surface area contributed by atoms with Gasteiger partial charge in [0.05, 0.1) is 6.61 Å². The van der Waals surface area contributed by atoms with Gasteiger partial charge in [0.2, 0.25) is 0 Å². The molecule has 0 aromatic carbocycles. The summed E-state index contributed by atoms with van der Waals surface area (Å²) in [5, 5.41) is 0.490. The molecule has 0 spiro atoms. The molecule has 1 fully saturated rings. The van der Waals surface area contributed by atoms with Crippen molar-refractivity contribution < 1.29 is 9.53 Å². The van der Waals surface area contributed by atoms with E-state index in [-0.39, 0.29) is 5.97 Å². The van der Waals surface area contributed by atoms with Crippen molar-refractivity contribution in [3.8, 4) is 0 Å². The van der Waals surface area contributed by atoms with Crippen LogP contribution < -0.4 is 0 Å². The fraction of sp³-hybridized carbons (Fsp3) is 0.700. The normalized spacial score (nSPS) is 25.9. The fourth-order valence-corrected chi connectivity index (χ4v) is 2.70. The molecule has 13 heavy (non-hydrogen) atoms. The molecule has 1 aliphatic heterocycles. The first-order chi connectivity index (χ1) is 6.16. The van der Waals surface area contributed by atoms with E-state index < -0.39 is 0 Å². The Balaban J connectivity index is 2.72. The molecule has 0 aromatic rings. The minimum Gasteiger partial charge on any atom is -0.463 e. The quantitative estimate of drug-likeness (QED) is 0.506. The summed E-state index contributed by atoms with van der Waals surface area (Å²) in [6.07, 6.45) is 1.04. The number of thioether (sulfide) groups is 1. The summed E-state index contributed by atoms with van der Waals surface area (Å²) in [5.74, 6) is 0.986. The summed E-state index contributed by atoms with van der Waals surface area (Å²) in [6, 6.07) is 0. The molecule has 2 nitrogen and oxygen atoms in total. The number of ether oxygens (including phenoxy) is 1. The van der Waals surface area contributed by atoms with E-state index in [1.54, 1.807) is 0 Å². The Morgan fingerprint density at radius 2 is 2.38 bits per heavy atom. The molecular weight excluding hydrogens is 184 g/mol. The third kappa shape index (κ3) is 2.50. The van der Waals surface area contributed by atoms with Gasteiger partial charge >= 0.3 is 5.97 Å². The molecule has 3 heteroatoms. The van der Waals surface area contributed by atoms with Crippen LogP contribution in [-0.4, -0.2) is 23.6 Å². The molecule has 1 atom stereocenters. The summed E-state index contributed by atoms with van der Waals surface area (Å²) in [7, 11) is 0. The Labute approximate surface area is 83.7 Å². The summed E-state index contributed by atoms with van der Waals surface area (Å²) in [4.78, 5) is 11.4. The highest BCUT2D eigenvalue weighted by atomic mass is 32.2. The number of hydrogen-bond donors (Lipinski definition) is 0. The summed E-state index contributed by atoms with van der Waals surface area (Å²) in [6.45, 7) is 6.32. The maximum Gasteiger partial charge on any atom is 0.333 e. The number of carbonyl (C=O) groups excluding carboxylic acids is 1. The third-order valence-electron chi connectivity index (χ3n) is 2.29. The summed E-state index contributed by atoms with van der Waals surface area (Å²) in [5.41, 5.74) is 2.09. The predicted octanol–water partition coefficient (Wildman–Crippen LogP) is 2.39. The number of carbonyl (C=O) groups is 1. The van der Waals surface area contributed by atoms with E-state index in [4.69, 9.17) is 4.74 Å². The molecule has 0 radical (unpaired) electrons. The van der Waals surface area contributed by atoms with Crippen LogP contribution in [0.4, 0.5) is 0 Å². The monoisotopic (exact) mass is 200 g/mol. The highest BCUT2D eigenvalue weighted by Crippen LogP contribution is 2.33. The second kappa shape index (κ2) is 4.70. The topological polar surface area (TPSA) is 26.3 Å². The van der Waals surface area contributed by atoms with E-state index in [2.05, 4.69) is 6.92 Å². The van der Waals surface area contributed by atoms with E-state index >= 15 is 0 Å². The Kier molecular flexibility index (Phi) is 3.85. The average Bonchev–Trinajstić information content (AvgIpc) is 2.50. The summed E-state index contributed by atoms with van der Waals surface area (Å²) >= 11 is 1.90. The van der Waals surface area contributed by atoms with Gasteiger partial charge in [-0.3, -0.25) is 0 Å². The van der Waals surface area contributed by atoms with Gasteiger partial charge in [0, 0.05) is 10.8 Å². The lowest BCUT2D eigenvalue weighted by molar-refractivity contribution is -0.138. The van der Waals surface area contributed by atoms with Crippen molar-refractivity contribution in [1.29, 1.82) is 0 Å². The Morgan fingerprint density at radius 3 is 2.85 bits per heavy atom. The SMILES string of the molecule is CCOC(=O)C(C)=C1CCSC1C. The first-order valence-corrected chi connectivity index (χ1v) is 5.70. The standard InChI is InChI=1S/C10H16O2S/c1-4-12-10(11)7(2)9-5-6-13-8(9)3/h8H,4-6H2,1-3H3. The van der Waals surface area contributed by atoms with Crippen LogP contribution in [0.3, 0.4) is 0 Å². The van der Waals surface area contributed by atoms with Gasteiger partial charge in [-0.2, -0.15) is 11.8 Å². The molecule has 1 heterocycles. The lowest BCUT2D eigenvalue weighted by Gasteiger charge is -2.08. The van der Waals surface area contributed by atoms with E-state index in [0.29, 0.717) is 11.9 Å². The van der Waals surface area contributed by atoms with Crippen molar-refractivity contribution in [3.05, 3.63) is 11.1 Å². The van der Waals surface area contributed by atoms with Gasteiger partial charge in [0.1, 0.15) is 0 Å². The van der Waals surface area contributed by atoms with Crippen molar-refractivity contribution in [1.82, 2.24) is 0 Å². The van der Waals surface area contributed by atoms with Crippen LogP contribution in [0.2, 0.25) is 0 Å². The molecule has 1 saturated heterocycles. The highest BCUT2D eigenvalue weighted by molar-refractivity contribution is 8.00. The minimum atomic E-state index is -0.146. The van der Waals surface area contributed by atoms with Crippen molar-refractivity contribution >= 4 is 17.7 Å². The van der Waals surface area contributed by atoms with Gasteiger partial charge < -0.3 is 4.74 Å². The molecule has 1 rings (SSSR count). The molecule has 74 valence electrons. The van der Waals surface area contributed by atoms with E-state index in [9.17, 15) is 4.79 Å². The maximum absolute atomic E-state index is 11.4. The first-order valence-electron chi connectivity index (χ1n) is 4.65. The van der Waals surface area contributed by atoms with Gasteiger partial charge in [-0.05, 0) is 38.5 Å². The Hall–Kier alpha value is -0.440. The molecule has 0 saturated carbocycles. The van der Waals surface area contributed by atoms with E-state index in [1.165, 1.54) is 5.57 Å². The van der Waals surface area contributed by atoms with Gasteiger partial charge in [0.25, 0.3) is 0 Å². The maximum atomic E-state index is 11.4. The number of rotatable bonds is 2. The first kappa shape index (κ1) is 10.6. The zero-order chi connectivity index (χ0) is 9.84. The van der Waals surface area contributed by atoms with Gasteiger partial charge in [-0.1, -0.05) is 0 Å². The summed E-state index contributed by atoms with van der Waals surface area (Å²) < 4.78 is 4.96. The van der Waals surface area contributed by atoms with Crippen LogP contribution in [0.1, 0.15) is 27.2 Å². The molecule has 1 unspecified atom stereocenters. The van der Waals surface area contributed by atoms with Crippen LogP contribution in [0, 0.1) is 0 Å². The Bertz CT molecular complexity index is 233. The van der Waals surface area contributed by atoms with Crippen LogP contribution in [0.15, 0.2) is 11.1 Å². The lowest BCUT2D eigenvalue weighted by atomic mass is 10.0. The predicted molar refractivity (Wildman–Crippen MR) is 55.9 cm³/mol. The molecule has 0 aliphatic carbocycles. The zero-order valence-corrected chi connectivity index (χ0v) is 9.24. The second-order valence-electron chi connectivity index (χ2n) is 3.13. The Morgan fingerprint density at radius 1 is 1.69 bits per heavy atom. The minimum absolute atomic E-state index is 0.146. The molecule has 0 amide bonds. The van der Waals surface area contributed by atoms with E-state index in [0.717, 1.165) is 17.7 Å². The van der Waals surface area contributed by atoms with Crippen molar-refractivity contribution in [2.24, 2.45) is 0 Å². The number of hydrogen-bond acceptors (Lipinski definition) is 3. The molecule has 1 aliphatic rings. The fourth-order valence-electron chi connectivity index (χ4n) is 1.51. The molecular formula is C10H16O2S. The molecule has 0 bridgehead atoms. The van der Waals surface area contributed by atoms with Crippen molar-refractivity contribution in [3.63, 3.8) is 0 Å². The van der Waals surface area contributed by atoms with E-state index in [1.807, 2.05) is 25.6 Å². The largest absolute Gasteiger partial charge is 0.463 e. The van der Waals surface area contributed by atoms with Crippen LogP contribution in [0.5, 0.6) is 0 Å². The van der Waals surface area contributed by atoms with Crippen molar-refractivity contribution in [2.45, 2.75) is 32.4 Å². The zero-order valence-electron chi connectivity index (χ0n) is 8.42. The van der Waals surface area contributed by atoms with Gasteiger partial charge in [-0.25, -0.2) is 4.79 Å². The molecule has 0 aromatic heterocycles. The van der Waals surface area contributed by atoms with Crippen LogP contribution in [0.25, 0.3) is 0 Å². The average molecular weight is 200 g/mol. The lowest BCUT2D eigenvalue weighted by Crippen LogP contribution is -2.10. The van der Waals surface area contributed by atoms with Crippen molar-refractivity contribution in [2.75, 3.05) is 12.4 Å². The third-order valence-corrected chi connectivity index (χ3v) is 3.52. The highest BCUT2D eigenvalue weighted by Gasteiger charge is 2.22. The molecule has 0 N–H and O–H groups in total. The van der Waals surface area contributed by atoms with Gasteiger partial charge in [-0.15, -0.1) is 0 Å². The van der Waals surface area contributed by atoms with Crippen LogP contribution in [-0.2, 0) is 9.53 Å². The van der Waals surface area contributed by atoms with Gasteiger partial charge in [0.15, 0.2) is 0 Å².